The molecule has 1 aliphatic rings. The van der Waals surface area contributed by atoms with E-state index in [9.17, 15) is 40.7 Å². The molecule has 0 saturated carbocycles. The molecule has 0 atom stereocenters. The monoisotopic (exact) mass is 725 g/mol. The second-order valence-electron chi connectivity index (χ2n) is 11.9. The summed E-state index contributed by atoms with van der Waals surface area (Å²) in [6.45, 7) is 3.34. The number of rotatable bonds is 8. The van der Waals surface area contributed by atoms with Gasteiger partial charge in [-0.3, -0.25) is 9.10 Å². The summed E-state index contributed by atoms with van der Waals surface area (Å²) in [4.78, 5) is 32.7. The average Bonchev–Trinajstić information content (AvgIpc) is 3.39. The van der Waals surface area contributed by atoms with Crippen molar-refractivity contribution in [3.05, 3.63) is 101 Å². The third kappa shape index (κ3) is 6.83. The van der Waals surface area contributed by atoms with Gasteiger partial charge < -0.3 is 24.6 Å². The van der Waals surface area contributed by atoms with Crippen molar-refractivity contribution in [3.63, 3.8) is 0 Å². The minimum atomic E-state index is -4.82. The highest BCUT2D eigenvalue weighted by atomic mass is 32.2. The molecule has 0 bridgehead atoms. The van der Waals surface area contributed by atoms with Crippen LogP contribution in [0.5, 0.6) is 0 Å². The van der Waals surface area contributed by atoms with E-state index in [-0.39, 0.29) is 27.8 Å². The van der Waals surface area contributed by atoms with E-state index >= 15 is 0 Å². The first-order chi connectivity index (χ1) is 24.1. The topological polar surface area (TPSA) is 134 Å². The highest BCUT2D eigenvalue weighted by Crippen LogP contribution is 2.36. The van der Waals surface area contributed by atoms with E-state index in [1.807, 2.05) is 23.4 Å². The number of alkyl halides is 3. The summed E-state index contributed by atoms with van der Waals surface area (Å²) < 4.78 is 89.6. The Hall–Kier alpha value is -5.48. The maximum Gasteiger partial charge on any atom is 0.416 e. The van der Waals surface area contributed by atoms with E-state index in [1.165, 1.54) is 49.5 Å². The molecular weight excluding hydrogens is 694 g/mol. The second-order valence-corrected chi connectivity index (χ2v) is 13.8. The highest BCUT2D eigenvalue weighted by Gasteiger charge is 2.32. The van der Waals surface area contributed by atoms with Crippen molar-refractivity contribution in [2.75, 3.05) is 47.9 Å². The first kappa shape index (κ1) is 35.3. The molecule has 0 unspecified atom stereocenters. The number of halogens is 4. The van der Waals surface area contributed by atoms with Crippen LogP contribution in [0, 0.1) is 12.7 Å². The predicted octanol–water partition coefficient (Wildman–Crippen LogP) is 6.32. The number of benzene rings is 4. The predicted molar refractivity (Wildman–Crippen MR) is 182 cm³/mol. The van der Waals surface area contributed by atoms with Gasteiger partial charge in [0.15, 0.2) is 0 Å². The summed E-state index contributed by atoms with van der Waals surface area (Å²) in [5.74, 6) is -3.20. The number of nitrogens with one attached hydrogen (secondary N) is 1. The molecule has 4 aromatic carbocycles. The molecule has 1 fully saturated rings. The number of sulfonamides is 1. The van der Waals surface area contributed by atoms with Crippen LogP contribution in [0.3, 0.4) is 0 Å². The van der Waals surface area contributed by atoms with Gasteiger partial charge in [0.1, 0.15) is 11.6 Å². The first-order valence-electron chi connectivity index (χ1n) is 15.5. The number of carboxylic acid groups (broad SMARTS) is 1. The minimum Gasteiger partial charge on any atom is -0.478 e. The Labute approximate surface area is 289 Å². The number of imidazole rings is 1. The van der Waals surface area contributed by atoms with E-state index in [0.717, 1.165) is 15.9 Å². The molecule has 0 spiro atoms. The Kier molecular flexibility index (Phi) is 9.24. The van der Waals surface area contributed by atoms with Crippen molar-refractivity contribution < 1.29 is 45.4 Å². The van der Waals surface area contributed by atoms with Crippen LogP contribution in [0.1, 0.15) is 32.1 Å². The Bertz CT molecular complexity index is 2290. The maximum absolute atomic E-state index is 14.7. The highest BCUT2D eigenvalue weighted by molar-refractivity contribution is 7.92. The summed E-state index contributed by atoms with van der Waals surface area (Å²) in [6.07, 6.45) is -4.82. The van der Waals surface area contributed by atoms with E-state index in [0.29, 0.717) is 55.0 Å². The van der Waals surface area contributed by atoms with E-state index < -0.39 is 50.7 Å². The van der Waals surface area contributed by atoms with Crippen LogP contribution in [0.15, 0.2) is 77.7 Å². The summed E-state index contributed by atoms with van der Waals surface area (Å²) in [7, 11) is -0.840. The van der Waals surface area contributed by atoms with Gasteiger partial charge in [-0.1, -0.05) is 12.1 Å². The number of anilines is 3. The number of amides is 1. The van der Waals surface area contributed by atoms with Crippen LogP contribution < -0.4 is 14.5 Å². The van der Waals surface area contributed by atoms with Gasteiger partial charge in [0.05, 0.1) is 57.2 Å². The number of fused-ring (bicyclic) bond motifs is 1. The third-order valence-corrected chi connectivity index (χ3v) is 10.6. The number of morpholine rings is 1. The molecule has 5 aromatic rings. The maximum atomic E-state index is 14.7. The Balaban J connectivity index is 1.38. The standard InChI is InChI=1S/C35H31F4N5O6S/c1-20-40-30-19-25(9-11-31(30)42(20)2)51(48,49)43(3)23-7-4-21(5-8-23)26-17-24(44-12-14-50-15-13-44)18-27(32(26)34(46)47)33(45)41-29-10-6-22(16-28(29)36)35(37,38)39/h4-11,16-19H,12-15H2,1-3H3,(H,41,45)(H,46,47). The molecule has 0 radical (unpaired) electrons. The van der Waals surface area contributed by atoms with Crippen molar-refractivity contribution in [1.29, 1.82) is 0 Å². The third-order valence-electron chi connectivity index (χ3n) is 8.78. The number of carbonyl (C=O) groups excluding carboxylic acids is 1. The fourth-order valence-electron chi connectivity index (χ4n) is 5.86. The minimum absolute atomic E-state index is 0.0196. The summed E-state index contributed by atoms with van der Waals surface area (Å²) in [5, 5.41) is 12.6. The van der Waals surface area contributed by atoms with Crippen LogP contribution >= 0.6 is 0 Å². The van der Waals surface area contributed by atoms with Gasteiger partial charge in [-0.2, -0.15) is 13.2 Å². The van der Waals surface area contributed by atoms with E-state index in [4.69, 9.17) is 4.74 Å². The number of hydrogen-bond acceptors (Lipinski definition) is 7. The fourth-order valence-corrected chi connectivity index (χ4v) is 7.07. The van der Waals surface area contributed by atoms with Gasteiger partial charge in [0.2, 0.25) is 0 Å². The van der Waals surface area contributed by atoms with Crippen LogP contribution in [0.2, 0.25) is 0 Å². The molecule has 0 aliphatic carbocycles. The number of aromatic carboxylic acids is 1. The van der Waals surface area contributed by atoms with Gasteiger partial charge >= 0.3 is 12.1 Å². The largest absolute Gasteiger partial charge is 0.478 e. The van der Waals surface area contributed by atoms with Crippen LogP contribution in [0.25, 0.3) is 22.2 Å². The number of carboxylic acids is 1. The zero-order chi connectivity index (χ0) is 36.8. The number of ether oxygens (including phenoxy) is 1. The lowest BCUT2D eigenvalue weighted by Crippen LogP contribution is -2.36. The van der Waals surface area contributed by atoms with Gasteiger partial charge in [-0.15, -0.1) is 0 Å². The Morgan fingerprint density at radius 3 is 2.29 bits per heavy atom. The van der Waals surface area contributed by atoms with Gasteiger partial charge in [-0.05, 0) is 78.7 Å². The molecule has 266 valence electrons. The summed E-state index contributed by atoms with van der Waals surface area (Å²) in [5.41, 5.74) is -0.260. The lowest BCUT2D eigenvalue weighted by Gasteiger charge is -2.30. The smallest absolute Gasteiger partial charge is 0.416 e. The molecule has 1 amide bonds. The number of carbonyl (C=O) groups is 2. The van der Waals surface area contributed by atoms with Crippen molar-refractivity contribution in [3.8, 4) is 11.1 Å². The summed E-state index contributed by atoms with van der Waals surface area (Å²) in [6, 6.07) is 15.1. The molecule has 51 heavy (non-hydrogen) atoms. The second kappa shape index (κ2) is 13.3. The van der Waals surface area contributed by atoms with Crippen molar-refractivity contribution in [2.45, 2.75) is 18.0 Å². The fraction of sp³-hybridized carbons (Fsp3) is 0.229. The number of aromatic nitrogens is 2. The molecule has 2 heterocycles. The normalized spacial score (nSPS) is 13.7. The van der Waals surface area contributed by atoms with Gasteiger partial charge in [0.25, 0.3) is 15.9 Å². The Morgan fingerprint density at radius 2 is 1.67 bits per heavy atom. The van der Waals surface area contributed by atoms with Crippen LogP contribution in [-0.4, -0.2) is 68.3 Å². The number of hydrogen-bond donors (Lipinski definition) is 2. The quantitative estimate of drug-likeness (QED) is 0.178. The lowest BCUT2D eigenvalue weighted by molar-refractivity contribution is -0.137. The number of aryl methyl sites for hydroxylation is 2. The molecule has 16 heteroatoms. The molecular formula is C35H31F4N5O6S. The van der Waals surface area contributed by atoms with Crippen molar-refractivity contribution in [2.24, 2.45) is 7.05 Å². The van der Waals surface area contributed by atoms with Crippen molar-refractivity contribution >= 4 is 50.0 Å². The first-order valence-corrected chi connectivity index (χ1v) is 16.9. The Morgan fingerprint density at radius 1 is 0.980 bits per heavy atom. The zero-order valence-electron chi connectivity index (χ0n) is 27.5. The molecule has 1 aliphatic heterocycles. The zero-order valence-corrected chi connectivity index (χ0v) is 28.3. The molecule has 6 rings (SSSR count). The van der Waals surface area contributed by atoms with Crippen molar-refractivity contribution in [1.82, 2.24) is 9.55 Å². The molecule has 2 N–H and O–H groups in total. The lowest BCUT2D eigenvalue weighted by atomic mass is 9.93. The van der Waals surface area contributed by atoms with E-state index in [1.54, 1.807) is 12.1 Å². The number of nitrogens with zero attached hydrogens (tertiary/aromatic N) is 4. The molecule has 1 saturated heterocycles. The SMILES string of the molecule is Cc1nc2cc(S(=O)(=O)N(C)c3ccc(-c4cc(N5CCOCC5)cc(C(=O)Nc5ccc(C(F)(F)F)cc5F)c4C(=O)O)cc3)ccc2n1C. The molecule has 11 nitrogen and oxygen atoms in total. The molecule has 1 aromatic heterocycles. The van der Waals surface area contributed by atoms with Crippen LogP contribution in [0.4, 0.5) is 34.6 Å². The summed E-state index contributed by atoms with van der Waals surface area (Å²) >= 11 is 0. The van der Waals surface area contributed by atoms with Crippen LogP contribution in [-0.2, 0) is 28.0 Å². The average molecular weight is 726 g/mol. The van der Waals surface area contributed by atoms with Gasteiger partial charge in [-0.25, -0.2) is 22.6 Å². The van der Waals surface area contributed by atoms with Gasteiger partial charge in [0, 0.05) is 32.9 Å². The van der Waals surface area contributed by atoms with E-state index in [2.05, 4.69) is 10.3 Å².